The monoisotopic (exact) mass is 346 g/mol. The number of carbonyl (C=O) groups is 1. The van der Waals surface area contributed by atoms with Crippen LogP contribution in [0.4, 0.5) is 10.5 Å². The van der Waals surface area contributed by atoms with Crippen molar-refractivity contribution in [1.82, 2.24) is 5.32 Å². The highest BCUT2D eigenvalue weighted by atomic mass is 16.5. The van der Waals surface area contributed by atoms with Crippen molar-refractivity contribution >= 4 is 11.7 Å². The lowest BCUT2D eigenvalue weighted by atomic mass is 10.1. The smallest absolute Gasteiger partial charge is 0.319 e. The SMILES string of the molecule is COc1ccccc1CCNC(=O)Nc1ccc(-c2ccccc2)cc1. The maximum atomic E-state index is 12.1. The normalized spacial score (nSPS) is 10.2. The Morgan fingerprint density at radius 2 is 1.50 bits per heavy atom. The molecule has 0 radical (unpaired) electrons. The van der Waals surface area contributed by atoms with Gasteiger partial charge in [0.25, 0.3) is 0 Å². The van der Waals surface area contributed by atoms with Gasteiger partial charge in [-0.3, -0.25) is 0 Å². The molecule has 2 N–H and O–H groups in total. The third-order valence-electron chi connectivity index (χ3n) is 4.12. The van der Waals surface area contributed by atoms with Crippen molar-refractivity contribution in [2.45, 2.75) is 6.42 Å². The van der Waals surface area contributed by atoms with E-state index in [-0.39, 0.29) is 6.03 Å². The summed E-state index contributed by atoms with van der Waals surface area (Å²) >= 11 is 0. The van der Waals surface area contributed by atoms with Crippen LogP contribution in [0, 0.1) is 0 Å². The van der Waals surface area contributed by atoms with Crippen LogP contribution in [-0.2, 0) is 6.42 Å². The van der Waals surface area contributed by atoms with Gasteiger partial charge in [-0.05, 0) is 41.3 Å². The number of anilines is 1. The Balaban J connectivity index is 1.50. The molecule has 0 heterocycles. The molecule has 4 nitrogen and oxygen atoms in total. The third kappa shape index (κ3) is 4.63. The summed E-state index contributed by atoms with van der Waals surface area (Å²) < 4.78 is 5.32. The predicted molar refractivity (Wildman–Crippen MR) is 106 cm³/mol. The van der Waals surface area contributed by atoms with Gasteiger partial charge in [0.05, 0.1) is 7.11 Å². The van der Waals surface area contributed by atoms with Gasteiger partial charge >= 0.3 is 6.03 Å². The molecule has 2 amide bonds. The number of benzene rings is 3. The second-order valence-electron chi connectivity index (χ2n) is 5.89. The second kappa shape index (κ2) is 8.72. The van der Waals surface area contributed by atoms with Gasteiger partial charge in [-0.1, -0.05) is 60.7 Å². The van der Waals surface area contributed by atoms with E-state index in [1.165, 1.54) is 0 Å². The van der Waals surface area contributed by atoms with E-state index in [2.05, 4.69) is 22.8 Å². The van der Waals surface area contributed by atoms with Gasteiger partial charge in [-0.2, -0.15) is 0 Å². The quantitative estimate of drug-likeness (QED) is 0.678. The number of rotatable bonds is 6. The Morgan fingerprint density at radius 1 is 0.846 bits per heavy atom. The number of carbonyl (C=O) groups excluding carboxylic acids is 1. The summed E-state index contributed by atoms with van der Waals surface area (Å²) in [5, 5.41) is 5.73. The van der Waals surface area contributed by atoms with E-state index >= 15 is 0 Å². The second-order valence-corrected chi connectivity index (χ2v) is 5.89. The van der Waals surface area contributed by atoms with Gasteiger partial charge < -0.3 is 15.4 Å². The van der Waals surface area contributed by atoms with Crippen LogP contribution in [0.25, 0.3) is 11.1 Å². The predicted octanol–water partition coefficient (Wildman–Crippen LogP) is 4.73. The highest BCUT2D eigenvalue weighted by Gasteiger charge is 2.05. The summed E-state index contributed by atoms with van der Waals surface area (Å²) in [4.78, 5) is 12.1. The highest BCUT2D eigenvalue weighted by Crippen LogP contribution is 2.21. The average Bonchev–Trinajstić information content (AvgIpc) is 2.69. The molecule has 0 saturated heterocycles. The maximum Gasteiger partial charge on any atom is 0.319 e. The van der Waals surface area contributed by atoms with Crippen molar-refractivity contribution in [3.8, 4) is 16.9 Å². The minimum Gasteiger partial charge on any atom is -0.496 e. The molecule has 0 fully saturated rings. The summed E-state index contributed by atoms with van der Waals surface area (Å²) in [5.41, 5.74) is 4.11. The number of amides is 2. The fourth-order valence-corrected chi connectivity index (χ4v) is 2.77. The molecule has 0 aromatic heterocycles. The van der Waals surface area contributed by atoms with E-state index in [0.717, 1.165) is 28.1 Å². The largest absolute Gasteiger partial charge is 0.496 e. The van der Waals surface area contributed by atoms with Crippen LogP contribution in [0.15, 0.2) is 78.9 Å². The molecule has 0 bridgehead atoms. The number of ether oxygens (including phenoxy) is 1. The lowest BCUT2D eigenvalue weighted by molar-refractivity contribution is 0.252. The van der Waals surface area contributed by atoms with Crippen molar-refractivity contribution in [2.24, 2.45) is 0 Å². The highest BCUT2D eigenvalue weighted by molar-refractivity contribution is 5.89. The number of nitrogens with one attached hydrogen (secondary N) is 2. The Bertz CT molecular complexity index is 846. The molecule has 0 unspecified atom stereocenters. The zero-order valence-electron chi connectivity index (χ0n) is 14.7. The van der Waals surface area contributed by atoms with Crippen LogP contribution in [0.1, 0.15) is 5.56 Å². The standard InChI is InChI=1S/C22H22N2O2/c1-26-21-10-6-5-9-19(21)15-16-23-22(25)24-20-13-11-18(12-14-20)17-7-3-2-4-8-17/h2-14H,15-16H2,1H3,(H2,23,24,25). The summed E-state index contributed by atoms with van der Waals surface area (Å²) in [7, 11) is 1.65. The molecule has 0 spiro atoms. The number of urea groups is 1. The minimum absolute atomic E-state index is 0.215. The Hall–Kier alpha value is -3.27. The van der Waals surface area contributed by atoms with E-state index in [1.54, 1.807) is 7.11 Å². The van der Waals surface area contributed by atoms with Crippen LogP contribution in [-0.4, -0.2) is 19.7 Å². The van der Waals surface area contributed by atoms with Gasteiger partial charge in [0, 0.05) is 12.2 Å². The van der Waals surface area contributed by atoms with E-state index in [9.17, 15) is 4.79 Å². The molecule has 3 aromatic carbocycles. The van der Waals surface area contributed by atoms with Crippen molar-refractivity contribution < 1.29 is 9.53 Å². The number of methoxy groups -OCH3 is 1. The minimum atomic E-state index is -0.215. The van der Waals surface area contributed by atoms with Crippen LogP contribution in [0.5, 0.6) is 5.75 Å². The van der Waals surface area contributed by atoms with Crippen LogP contribution in [0.3, 0.4) is 0 Å². The lowest BCUT2D eigenvalue weighted by Crippen LogP contribution is -2.30. The molecule has 0 aliphatic rings. The average molecular weight is 346 g/mol. The van der Waals surface area contributed by atoms with Gasteiger partial charge in [0.15, 0.2) is 0 Å². The molecular weight excluding hydrogens is 324 g/mol. The molecule has 3 aromatic rings. The first-order valence-corrected chi connectivity index (χ1v) is 8.58. The summed E-state index contributed by atoms with van der Waals surface area (Å²) in [6.45, 7) is 0.536. The Kier molecular flexibility index (Phi) is 5.88. The molecule has 0 atom stereocenters. The van der Waals surface area contributed by atoms with E-state index < -0.39 is 0 Å². The van der Waals surface area contributed by atoms with E-state index in [1.807, 2.05) is 66.7 Å². The van der Waals surface area contributed by atoms with Crippen molar-refractivity contribution in [3.63, 3.8) is 0 Å². The van der Waals surface area contributed by atoms with Gasteiger partial charge in [-0.25, -0.2) is 4.79 Å². The molecule has 0 saturated carbocycles. The fraction of sp³-hybridized carbons (Fsp3) is 0.136. The third-order valence-corrected chi connectivity index (χ3v) is 4.12. The first kappa shape index (κ1) is 17.5. The van der Waals surface area contributed by atoms with Crippen molar-refractivity contribution in [3.05, 3.63) is 84.4 Å². The topological polar surface area (TPSA) is 50.4 Å². The van der Waals surface area contributed by atoms with E-state index in [0.29, 0.717) is 13.0 Å². The number of para-hydroxylation sites is 1. The Morgan fingerprint density at radius 3 is 2.23 bits per heavy atom. The van der Waals surface area contributed by atoms with E-state index in [4.69, 9.17) is 4.74 Å². The molecule has 132 valence electrons. The van der Waals surface area contributed by atoms with Gasteiger partial charge in [0.2, 0.25) is 0 Å². The number of hydrogen-bond acceptors (Lipinski definition) is 2. The van der Waals surface area contributed by atoms with Crippen molar-refractivity contribution in [1.29, 1.82) is 0 Å². The van der Waals surface area contributed by atoms with Gasteiger partial charge in [0.1, 0.15) is 5.75 Å². The molecule has 4 heteroatoms. The number of hydrogen-bond donors (Lipinski definition) is 2. The van der Waals surface area contributed by atoms with Crippen molar-refractivity contribution in [2.75, 3.05) is 19.0 Å². The van der Waals surface area contributed by atoms with Gasteiger partial charge in [-0.15, -0.1) is 0 Å². The molecular formula is C22H22N2O2. The fourth-order valence-electron chi connectivity index (χ4n) is 2.77. The zero-order valence-corrected chi connectivity index (χ0v) is 14.7. The summed E-state index contributed by atoms with van der Waals surface area (Å²) in [6.07, 6.45) is 0.713. The first-order valence-electron chi connectivity index (χ1n) is 8.58. The molecule has 0 aliphatic carbocycles. The van der Waals surface area contributed by atoms with Crippen LogP contribution in [0.2, 0.25) is 0 Å². The molecule has 3 rings (SSSR count). The lowest BCUT2D eigenvalue weighted by Gasteiger charge is -2.10. The first-order chi connectivity index (χ1) is 12.8. The summed E-state index contributed by atoms with van der Waals surface area (Å²) in [5.74, 6) is 0.839. The zero-order chi connectivity index (χ0) is 18.2. The maximum absolute atomic E-state index is 12.1. The summed E-state index contributed by atoms with van der Waals surface area (Å²) in [6, 6.07) is 25.6. The van der Waals surface area contributed by atoms with Crippen LogP contribution < -0.4 is 15.4 Å². The molecule has 0 aliphatic heterocycles. The molecule has 26 heavy (non-hydrogen) atoms. The Labute approximate surface area is 153 Å². The van der Waals surface area contributed by atoms with Crippen LogP contribution >= 0.6 is 0 Å².